The second kappa shape index (κ2) is 5.88. The van der Waals surface area contributed by atoms with E-state index in [0.29, 0.717) is 17.1 Å². The molecule has 106 valence electrons. The molecule has 0 saturated heterocycles. The summed E-state index contributed by atoms with van der Waals surface area (Å²) >= 11 is 0. The van der Waals surface area contributed by atoms with Gasteiger partial charge in [-0.1, -0.05) is 6.07 Å². The van der Waals surface area contributed by atoms with Crippen molar-refractivity contribution in [2.45, 2.75) is 6.04 Å². The Balaban J connectivity index is 2.57. The van der Waals surface area contributed by atoms with Crippen LogP contribution in [-0.4, -0.2) is 14.2 Å². The van der Waals surface area contributed by atoms with Crippen LogP contribution in [0.3, 0.4) is 0 Å². The summed E-state index contributed by atoms with van der Waals surface area (Å²) in [6, 6.07) is 7.46. The van der Waals surface area contributed by atoms with Crippen molar-refractivity contribution in [3.63, 3.8) is 0 Å². The zero-order valence-corrected chi connectivity index (χ0v) is 11.2. The molecular formula is C15H15F2NO2. The van der Waals surface area contributed by atoms with Gasteiger partial charge in [0.25, 0.3) is 0 Å². The fourth-order valence-electron chi connectivity index (χ4n) is 2.10. The lowest BCUT2D eigenvalue weighted by atomic mass is 9.97. The Morgan fingerprint density at radius 1 is 1.00 bits per heavy atom. The first-order chi connectivity index (χ1) is 9.58. The van der Waals surface area contributed by atoms with Crippen LogP contribution in [0.4, 0.5) is 8.78 Å². The van der Waals surface area contributed by atoms with Crippen LogP contribution in [0.15, 0.2) is 36.4 Å². The molecule has 0 aliphatic rings. The highest BCUT2D eigenvalue weighted by Crippen LogP contribution is 2.35. The van der Waals surface area contributed by atoms with Crippen LogP contribution in [0.25, 0.3) is 0 Å². The second-order valence-electron chi connectivity index (χ2n) is 4.22. The molecule has 5 heteroatoms. The minimum absolute atomic E-state index is 0.166. The van der Waals surface area contributed by atoms with Gasteiger partial charge in [0.15, 0.2) is 0 Å². The van der Waals surface area contributed by atoms with E-state index in [1.165, 1.54) is 44.6 Å². The number of rotatable bonds is 4. The molecule has 0 heterocycles. The smallest absolute Gasteiger partial charge is 0.132 e. The number of benzene rings is 2. The quantitative estimate of drug-likeness (QED) is 0.935. The molecule has 2 aromatic rings. The van der Waals surface area contributed by atoms with E-state index >= 15 is 0 Å². The van der Waals surface area contributed by atoms with Crippen LogP contribution in [0.2, 0.25) is 0 Å². The van der Waals surface area contributed by atoms with Gasteiger partial charge in [-0.2, -0.15) is 0 Å². The topological polar surface area (TPSA) is 44.5 Å². The van der Waals surface area contributed by atoms with Crippen molar-refractivity contribution in [1.29, 1.82) is 0 Å². The molecule has 0 amide bonds. The lowest BCUT2D eigenvalue weighted by Gasteiger charge is -2.19. The van der Waals surface area contributed by atoms with Crippen LogP contribution in [0.1, 0.15) is 17.2 Å². The molecule has 1 atom stereocenters. The molecule has 20 heavy (non-hydrogen) atoms. The van der Waals surface area contributed by atoms with Crippen molar-refractivity contribution in [3.05, 3.63) is 59.2 Å². The van der Waals surface area contributed by atoms with Crippen molar-refractivity contribution in [3.8, 4) is 11.5 Å². The highest BCUT2D eigenvalue weighted by atomic mass is 19.1. The van der Waals surface area contributed by atoms with Gasteiger partial charge in [-0.25, -0.2) is 8.78 Å². The molecule has 0 aliphatic heterocycles. The lowest BCUT2D eigenvalue weighted by Crippen LogP contribution is -2.16. The first kappa shape index (κ1) is 14.3. The minimum Gasteiger partial charge on any atom is -0.496 e. The van der Waals surface area contributed by atoms with Gasteiger partial charge < -0.3 is 15.2 Å². The van der Waals surface area contributed by atoms with E-state index in [1.807, 2.05) is 0 Å². The van der Waals surface area contributed by atoms with E-state index in [1.54, 1.807) is 6.07 Å². The maximum atomic E-state index is 14.0. The third kappa shape index (κ3) is 2.58. The third-order valence-corrected chi connectivity index (χ3v) is 3.07. The average molecular weight is 279 g/mol. The molecule has 1 unspecified atom stereocenters. The number of hydrogen-bond acceptors (Lipinski definition) is 3. The van der Waals surface area contributed by atoms with E-state index in [4.69, 9.17) is 15.2 Å². The number of hydrogen-bond donors (Lipinski definition) is 1. The van der Waals surface area contributed by atoms with Crippen molar-refractivity contribution in [1.82, 2.24) is 0 Å². The van der Waals surface area contributed by atoms with E-state index in [-0.39, 0.29) is 5.56 Å². The van der Waals surface area contributed by atoms with E-state index in [2.05, 4.69) is 0 Å². The zero-order chi connectivity index (χ0) is 14.7. The number of methoxy groups -OCH3 is 2. The SMILES string of the molecule is COc1ccc(F)cc1C(N)c1c(F)cccc1OC. The maximum Gasteiger partial charge on any atom is 0.132 e. The minimum atomic E-state index is -0.892. The van der Waals surface area contributed by atoms with Crippen LogP contribution >= 0.6 is 0 Å². The Kier molecular flexibility index (Phi) is 4.20. The standard InChI is InChI=1S/C15H15F2NO2/c1-19-12-7-6-9(16)8-10(12)15(18)14-11(17)4-3-5-13(14)20-2/h3-8,15H,18H2,1-2H3. The van der Waals surface area contributed by atoms with Gasteiger partial charge in [-0.05, 0) is 30.3 Å². The van der Waals surface area contributed by atoms with Gasteiger partial charge in [-0.15, -0.1) is 0 Å². The van der Waals surface area contributed by atoms with Crippen molar-refractivity contribution in [2.24, 2.45) is 5.73 Å². The Bertz CT molecular complexity index is 617. The van der Waals surface area contributed by atoms with Crippen molar-refractivity contribution >= 4 is 0 Å². The third-order valence-electron chi connectivity index (χ3n) is 3.07. The maximum absolute atomic E-state index is 14.0. The average Bonchev–Trinajstić information content (AvgIpc) is 2.46. The Morgan fingerprint density at radius 3 is 2.35 bits per heavy atom. The highest BCUT2D eigenvalue weighted by Gasteiger charge is 2.22. The summed E-state index contributed by atoms with van der Waals surface area (Å²) in [6.07, 6.45) is 0. The summed E-state index contributed by atoms with van der Waals surface area (Å²) < 4.78 is 37.7. The largest absolute Gasteiger partial charge is 0.496 e. The van der Waals surface area contributed by atoms with E-state index in [0.717, 1.165) is 0 Å². The molecule has 2 N–H and O–H groups in total. The van der Waals surface area contributed by atoms with Crippen LogP contribution in [0.5, 0.6) is 11.5 Å². The molecule has 0 aromatic heterocycles. The number of halogens is 2. The molecule has 3 nitrogen and oxygen atoms in total. The zero-order valence-electron chi connectivity index (χ0n) is 11.2. The van der Waals surface area contributed by atoms with Gasteiger partial charge in [0, 0.05) is 5.56 Å². The molecule has 0 radical (unpaired) electrons. The lowest BCUT2D eigenvalue weighted by molar-refractivity contribution is 0.394. The summed E-state index contributed by atoms with van der Waals surface area (Å²) in [5, 5.41) is 0. The summed E-state index contributed by atoms with van der Waals surface area (Å²) in [7, 11) is 2.87. The fraction of sp³-hybridized carbons (Fsp3) is 0.200. The summed E-state index contributed by atoms with van der Waals surface area (Å²) in [6.45, 7) is 0. The summed E-state index contributed by atoms with van der Waals surface area (Å²) in [4.78, 5) is 0. The van der Waals surface area contributed by atoms with Gasteiger partial charge in [0.05, 0.1) is 25.8 Å². The Morgan fingerprint density at radius 2 is 1.70 bits per heavy atom. The van der Waals surface area contributed by atoms with Gasteiger partial charge in [0.1, 0.15) is 23.1 Å². The Labute approximate surface area is 115 Å². The molecule has 0 spiro atoms. The Hall–Kier alpha value is -2.14. The molecule has 0 saturated carbocycles. The monoisotopic (exact) mass is 279 g/mol. The molecule has 0 bridgehead atoms. The van der Waals surface area contributed by atoms with Crippen LogP contribution in [0, 0.1) is 11.6 Å². The van der Waals surface area contributed by atoms with Gasteiger partial charge in [-0.3, -0.25) is 0 Å². The predicted molar refractivity (Wildman–Crippen MR) is 71.9 cm³/mol. The second-order valence-corrected chi connectivity index (χ2v) is 4.22. The first-order valence-electron chi connectivity index (χ1n) is 6.00. The van der Waals surface area contributed by atoms with Crippen molar-refractivity contribution < 1.29 is 18.3 Å². The highest BCUT2D eigenvalue weighted by molar-refractivity contribution is 5.47. The summed E-state index contributed by atoms with van der Waals surface area (Å²) in [5.74, 6) is -0.275. The van der Waals surface area contributed by atoms with Crippen LogP contribution in [-0.2, 0) is 0 Å². The fourth-order valence-corrected chi connectivity index (χ4v) is 2.10. The predicted octanol–water partition coefficient (Wildman–Crippen LogP) is 3.03. The molecule has 2 rings (SSSR count). The van der Waals surface area contributed by atoms with Gasteiger partial charge >= 0.3 is 0 Å². The molecule has 0 fully saturated rings. The molecule has 2 aromatic carbocycles. The number of nitrogens with two attached hydrogens (primary N) is 1. The van der Waals surface area contributed by atoms with E-state index in [9.17, 15) is 8.78 Å². The van der Waals surface area contributed by atoms with Crippen molar-refractivity contribution in [2.75, 3.05) is 14.2 Å². The normalized spacial score (nSPS) is 12.1. The molecular weight excluding hydrogens is 264 g/mol. The van der Waals surface area contributed by atoms with E-state index < -0.39 is 17.7 Å². The first-order valence-corrected chi connectivity index (χ1v) is 6.00. The molecule has 0 aliphatic carbocycles. The summed E-state index contributed by atoms with van der Waals surface area (Å²) in [5.41, 5.74) is 6.60. The van der Waals surface area contributed by atoms with Gasteiger partial charge in [0.2, 0.25) is 0 Å². The number of ether oxygens (including phenoxy) is 2. The van der Waals surface area contributed by atoms with Crippen LogP contribution < -0.4 is 15.2 Å².